The van der Waals surface area contributed by atoms with Gasteiger partial charge in [0, 0.05) is 18.5 Å². The van der Waals surface area contributed by atoms with Crippen molar-refractivity contribution >= 4 is 28.8 Å². The first-order chi connectivity index (χ1) is 7.47. The van der Waals surface area contributed by atoms with Crippen molar-refractivity contribution in [1.82, 2.24) is 0 Å². The van der Waals surface area contributed by atoms with Gasteiger partial charge in [0.15, 0.2) is 0 Å². The predicted octanol–water partition coefficient (Wildman–Crippen LogP) is 2.31. The van der Waals surface area contributed by atoms with Crippen molar-refractivity contribution in [3.63, 3.8) is 0 Å². The van der Waals surface area contributed by atoms with E-state index in [4.69, 9.17) is 18.0 Å². The van der Waals surface area contributed by atoms with Crippen LogP contribution in [0.3, 0.4) is 0 Å². The number of carbonyl (C=O) groups excluding carboxylic acids is 1. The molecule has 0 bridgehead atoms. The van der Waals surface area contributed by atoms with Crippen LogP contribution in [0.1, 0.15) is 24.0 Å². The van der Waals surface area contributed by atoms with Gasteiger partial charge in [-0.15, -0.1) is 0 Å². The van der Waals surface area contributed by atoms with Crippen molar-refractivity contribution in [3.05, 3.63) is 29.3 Å². The lowest BCUT2D eigenvalue weighted by atomic mass is 10.1. The smallest absolute Gasteiger partial charge is 0.224 e. The van der Waals surface area contributed by atoms with Gasteiger partial charge in [0.25, 0.3) is 0 Å². The summed E-state index contributed by atoms with van der Waals surface area (Å²) in [5.41, 5.74) is 8.42. The van der Waals surface area contributed by atoms with Crippen LogP contribution in [0.2, 0.25) is 0 Å². The maximum atomic E-state index is 11.5. The Morgan fingerprint density at radius 1 is 1.25 bits per heavy atom. The van der Waals surface area contributed by atoms with Crippen LogP contribution in [-0.2, 0) is 4.79 Å². The highest BCUT2D eigenvalue weighted by Gasteiger charge is 2.03. The summed E-state index contributed by atoms with van der Waals surface area (Å²) < 4.78 is 0. The number of anilines is 1. The number of nitrogens with one attached hydrogen (secondary N) is 1. The minimum absolute atomic E-state index is 0.0576. The monoisotopic (exact) mass is 236 g/mol. The minimum Gasteiger partial charge on any atom is -0.393 e. The van der Waals surface area contributed by atoms with Crippen molar-refractivity contribution in [3.8, 4) is 0 Å². The summed E-state index contributed by atoms with van der Waals surface area (Å²) >= 11 is 4.72. The average molecular weight is 236 g/mol. The molecule has 0 spiro atoms. The normalized spacial score (nSPS) is 9.88. The lowest BCUT2D eigenvalue weighted by Gasteiger charge is -2.07. The van der Waals surface area contributed by atoms with Crippen LogP contribution in [0.25, 0.3) is 0 Å². The lowest BCUT2D eigenvalue weighted by Crippen LogP contribution is -2.16. The van der Waals surface area contributed by atoms with Crippen LogP contribution in [-0.4, -0.2) is 10.9 Å². The van der Waals surface area contributed by atoms with Gasteiger partial charge in [-0.3, -0.25) is 4.79 Å². The number of hydrogen-bond acceptors (Lipinski definition) is 2. The molecule has 0 atom stereocenters. The fraction of sp³-hybridized carbons (Fsp3) is 0.333. The Balaban J connectivity index is 2.59. The maximum absolute atomic E-state index is 11.5. The topological polar surface area (TPSA) is 55.1 Å². The van der Waals surface area contributed by atoms with Crippen molar-refractivity contribution in [1.29, 1.82) is 0 Å². The number of benzene rings is 1. The minimum atomic E-state index is -0.0576. The Bertz CT molecular complexity index is 395. The first-order valence-corrected chi connectivity index (χ1v) is 5.54. The molecule has 1 aromatic carbocycles. The van der Waals surface area contributed by atoms with Gasteiger partial charge < -0.3 is 11.1 Å². The van der Waals surface area contributed by atoms with Gasteiger partial charge >= 0.3 is 0 Å². The molecule has 0 heterocycles. The van der Waals surface area contributed by atoms with Crippen molar-refractivity contribution in [2.24, 2.45) is 5.73 Å². The van der Waals surface area contributed by atoms with E-state index in [1.165, 1.54) is 0 Å². The van der Waals surface area contributed by atoms with E-state index in [-0.39, 0.29) is 5.91 Å². The van der Waals surface area contributed by atoms with E-state index in [0.29, 0.717) is 17.8 Å². The summed E-state index contributed by atoms with van der Waals surface area (Å²) in [6.45, 7) is 4.00. The highest BCUT2D eigenvalue weighted by Crippen LogP contribution is 2.14. The summed E-state index contributed by atoms with van der Waals surface area (Å²) in [7, 11) is 0. The highest BCUT2D eigenvalue weighted by atomic mass is 32.1. The Labute approximate surface area is 101 Å². The van der Waals surface area contributed by atoms with Crippen LogP contribution >= 0.6 is 12.2 Å². The van der Waals surface area contributed by atoms with E-state index in [2.05, 4.69) is 11.4 Å². The Kier molecular flexibility index (Phi) is 4.43. The number of hydrogen-bond donors (Lipinski definition) is 2. The largest absolute Gasteiger partial charge is 0.393 e. The van der Waals surface area contributed by atoms with Gasteiger partial charge in [0.1, 0.15) is 0 Å². The second-order valence-electron chi connectivity index (χ2n) is 3.89. The molecule has 0 aromatic heterocycles. The number of amides is 1. The van der Waals surface area contributed by atoms with Crippen molar-refractivity contribution in [2.45, 2.75) is 26.7 Å². The molecule has 0 aliphatic rings. The summed E-state index contributed by atoms with van der Waals surface area (Å²) in [6, 6.07) is 5.93. The molecular weight excluding hydrogens is 220 g/mol. The molecule has 86 valence electrons. The van der Waals surface area contributed by atoms with Crippen LogP contribution in [0.15, 0.2) is 18.2 Å². The second-order valence-corrected chi connectivity index (χ2v) is 4.42. The maximum Gasteiger partial charge on any atom is 0.224 e. The molecule has 0 aliphatic carbocycles. The van der Waals surface area contributed by atoms with Crippen molar-refractivity contribution in [2.75, 3.05) is 5.32 Å². The molecule has 0 saturated carbocycles. The van der Waals surface area contributed by atoms with E-state index in [1.54, 1.807) is 0 Å². The van der Waals surface area contributed by atoms with E-state index in [0.717, 1.165) is 16.8 Å². The molecular formula is C12H16N2OS. The summed E-state index contributed by atoms with van der Waals surface area (Å²) in [6.07, 6.45) is 0.786. The van der Waals surface area contributed by atoms with Crippen LogP contribution in [0.4, 0.5) is 5.69 Å². The molecule has 0 saturated heterocycles. The summed E-state index contributed by atoms with van der Waals surface area (Å²) in [5, 5.41) is 2.82. The second kappa shape index (κ2) is 5.61. The third-order valence-corrected chi connectivity index (χ3v) is 2.31. The summed E-state index contributed by atoms with van der Waals surface area (Å²) in [5.74, 6) is -0.0576. The number of nitrogens with two attached hydrogens (primary N) is 1. The zero-order valence-electron chi connectivity index (χ0n) is 9.54. The molecule has 4 heteroatoms. The molecule has 1 amide bonds. The SMILES string of the molecule is Cc1cc(C)cc(NC(=O)CCC(N)=S)c1. The Hall–Kier alpha value is -1.42. The van der Waals surface area contributed by atoms with E-state index >= 15 is 0 Å². The highest BCUT2D eigenvalue weighted by molar-refractivity contribution is 7.80. The first-order valence-electron chi connectivity index (χ1n) is 5.14. The molecule has 1 rings (SSSR count). The van der Waals surface area contributed by atoms with Gasteiger partial charge in [-0.25, -0.2) is 0 Å². The fourth-order valence-corrected chi connectivity index (χ4v) is 1.61. The third-order valence-electron chi connectivity index (χ3n) is 2.10. The van der Waals surface area contributed by atoms with Gasteiger partial charge in [0.2, 0.25) is 5.91 Å². The quantitative estimate of drug-likeness (QED) is 0.789. The zero-order valence-corrected chi connectivity index (χ0v) is 10.4. The molecule has 16 heavy (non-hydrogen) atoms. The van der Waals surface area contributed by atoms with Gasteiger partial charge in [-0.2, -0.15) is 0 Å². The molecule has 0 aliphatic heterocycles. The van der Waals surface area contributed by atoms with Crippen LogP contribution in [0.5, 0.6) is 0 Å². The van der Waals surface area contributed by atoms with Gasteiger partial charge in [-0.05, 0) is 37.1 Å². The summed E-state index contributed by atoms with van der Waals surface area (Å²) in [4.78, 5) is 11.9. The average Bonchev–Trinajstić information content (AvgIpc) is 2.12. The van der Waals surface area contributed by atoms with Gasteiger partial charge in [-0.1, -0.05) is 18.3 Å². The van der Waals surface area contributed by atoms with E-state index in [9.17, 15) is 4.79 Å². The molecule has 3 N–H and O–H groups in total. The Morgan fingerprint density at radius 2 is 1.81 bits per heavy atom. The first kappa shape index (κ1) is 12.6. The van der Waals surface area contributed by atoms with Gasteiger partial charge in [0.05, 0.1) is 4.99 Å². The molecule has 3 nitrogen and oxygen atoms in total. The van der Waals surface area contributed by atoms with Crippen LogP contribution in [0, 0.1) is 13.8 Å². The van der Waals surface area contributed by atoms with E-state index in [1.807, 2.05) is 26.0 Å². The number of thiocarbonyl (C=S) groups is 1. The molecule has 0 fully saturated rings. The lowest BCUT2D eigenvalue weighted by molar-refractivity contribution is -0.116. The van der Waals surface area contributed by atoms with Crippen LogP contribution < -0.4 is 11.1 Å². The molecule has 1 aromatic rings. The third kappa shape index (κ3) is 4.40. The molecule has 0 unspecified atom stereocenters. The zero-order chi connectivity index (χ0) is 12.1. The predicted molar refractivity (Wildman–Crippen MR) is 70.6 cm³/mol. The number of aryl methyl sites for hydroxylation is 2. The number of carbonyl (C=O) groups is 1. The Morgan fingerprint density at radius 3 is 2.31 bits per heavy atom. The van der Waals surface area contributed by atoms with Crippen molar-refractivity contribution < 1.29 is 4.79 Å². The fourth-order valence-electron chi connectivity index (χ4n) is 1.51. The standard InChI is InChI=1S/C12H16N2OS/c1-8-5-9(2)7-10(6-8)14-12(15)4-3-11(13)16/h5-7H,3-4H2,1-2H3,(H2,13,16)(H,14,15). The van der Waals surface area contributed by atoms with E-state index < -0.39 is 0 Å². The number of rotatable bonds is 4. The molecule has 0 radical (unpaired) electrons.